The second kappa shape index (κ2) is 13.4. The Morgan fingerprint density at radius 3 is 2.66 bits per heavy atom. The molecule has 50 heavy (non-hydrogen) atoms. The van der Waals surface area contributed by atoms with E-state index < -0.39 is 54.3 Å². The molecule has 6 N–H and O–H groups in total. The molecule has 0 saturated heterocycles. The molecule has 3 aliphatic rings. The first-order chi connectivity index (χ1) is 24.1. The summed E-state index contributed by atoms with van der Waals surface area (Å²) in [5.74, 6) is -0.620. The molecule has 4 heterocycles. The number of fused-ring (bicyclic) bond motifs is 4. The number of para-hydroxylation sites is 1. The van der Waals surface area contributed by atoms with Crippen LogP contribution in [0.25, 0.3) is 0 Å². The lowest BCUT2D eigenvalue weighted by molar-refractivity contribution is -0.124. The van der Waals surface area contributed by atoms with Gasteiger partial charge >= 0.3 is 6.09 Å². The fourth-order valence-electron chi connectivity index (χ4n) is 6.76. The van der Waals surface area contributed by atoms with Crippen LogP contribution in [0.3, 0.4) is 0 Å². The highest BCUT2D eigenvalue weighted by Crippen LogP contribution is 2.59. The molecule has 3 amide bonds. The topological polar surface area (TPSA) is 184 Å². The minimum Gasteiger partial charge on any atom is -0.469 e. The van der Waals surface area contributed by atoms with Crippen LogP contribution in [0, 0.1) is 5.92 Å². The van der Waals surface area contributed by atoms with Gasteiger partial charge in [0.25, 0.3) is 5.91 Å². The van der Waals surface area contributed by atoms with Crippen LogP contribution >= 0.6 is 15.9 Å². The highest BCUT2D eigenvalue weighted by molar-refractivity contribution is 9.10. The highest BCUT2D eigenvalue weighted by Gasteiger charge is 2.61. The zero-order chi connectivity index (χ0) is 35.2. The largest absolute Gasteiger partial charge is 0.469 e. The van der Waals surface area contributed by atoms with E-state index in [1.54, 1.807) is 6.07 Å². The second-order valence-corrected chi connectivity index (χ2v) is 13.8. The third-order valence-electron chi connectivity index (χ3n) is 9.24. The van der Waals surface area contributed by atoms with Crippen molar-refractivity contribution in [2.24, 2.45) is 5.92 Å². The quantitative estimate of drug-likeness (QED) is 0.156. The maximum atomic E-state index is 14.0. The lowest BCUT2D eigenvalue weighted by atomic mass is 9.72. The van der Waals surface area contributed by atoms with Crippen molar-refractivity contribution in [2.75, 3.05) is 18.5 Å². The van der Waals surface area contributed by atoms with Gasteiger partial charge in [-0.3, -0.25) is 9.59 Å². The van der Waals surface area contributed by atoms with E-state index in [1.807, 2.05) is 74.5 Å². The number of amides is 3. The number of hydrogen-bond donors (Lipinski definition) is 6. The number of oxazole rings is 1. The van der Waals surface area contributed by atoms with E-state index in [0.717, 1.165) is 21.3 Å². The zero-order valence-electron chi connectivity index (χ0n) is 27.2. The van der Waals surface area contributed by atoms with Crippen LogP contribution in [0.4, 0.5) is 10.5 Å². The van der Waals surface area contributed by atoms with E-state index in [9.17, 15) is 24.6 Å². The average molecular weight is 747 g/mol. The van der Waals surface area contributed by atoms with E-state index in [-0.39, 0.29) is 42.8 Å². The summed E-state index contributed by atoms with van der Waals surface area (Å²) in [6, 6.07) is 18.6. The maximum Gasteiger partial charge on any atom is 0.408 e. The number of carbonyl (C=O) groups is 3. The summed E-state index contributed by atoms with van der Waals surface area (Å²) in [6.45, 7) is 2.99. The number of aromatic nitrogens is 1. The predicted octanol–water partition coefficient (Wildman–Crippen LogP) is 3.66. The Morgan fingerprint density at radius 2 is 1.90 bits per heavy atom. The van der Waals surface area contributed by atoms with Gasteiger partial charge in [-0.25, -0.2) is 9.78 Å². The summed E-state index contributed by atoms with van der Waals surface area (Å²) in [5, 5.41) is 31.3. The van der Waals surface area contributed by atoms with Gasteiger partial charge in [0.05, 0.1) is 18.4 Å². The number of hydrogen-bond acceptors (Lipinski definition) is 10. The second-order valence-electron chi connectivity index (χ2n) is 12.9. The maximum absolute atomic E-state index is 14.0. The van der Waals surface area contributed by atoms with Gasteiger partial charge in [0.2, 0.25) is 11.8 Å². The van der Waals surface area contributed by atoms with Crippen LogP contribution in [-0.4, -0.2) is 64.6 Å². The number of nitrogens with one attached hydrogen (secondary N) is 4. The molecule has 260 valence electrons. The Labute approximate surface area is 295 Å². The Kier molecular flexibility index (Phi) is 9.01. The smallest absolute Gasteiger partial charge is 0.408 e. The van der Waals surface area contributed by atoms with Gasteiger partial charge in [0, 0.05) is 28.6 Å². The summed E-state index contributed by atoms with van der Waals surface area (Å²) in [5.41, 5.74) is 2.40. The van der Waals surface area contributed by atoms with Crippen LogP contribution in [0.15, 0.2) is 75.6 Å². The Bertz CT molecular complexity index is 1950. The molecule has 0 radical (unpaired) electrons. The van der Waals surface area contributed by atoms with Crippen molar-refractivity contribution >= 4 is 39.5 Å². The number of nitrogens with zero attached hydrogens (tertiary/aromatic N) is 1. The van der Waals surface area contributed by atoms with Crippen molar-refractivity contribution in [3.8, 4) is 5.75 Å². The van der Waals surface area contributed by atoms with Crippen molar-refractivity contribution in [1.29, 1.82) is 0 Å². The van der Waals surface area contributed by atoms with Crippen molar-refractivity contribution < 1.29 is 38.5 Å². The number of aliphatic hydroxyl groups is 2. The number of alkyl carbamates (subject to hydrolysis) is 1. The molecule has 0 aliphatic carbocycles. The summed E-state index contributed by atoms with van der Waals surface area (Å²) >= 11 is 3.65. The number of halogens is 1. The van der Waals surface area contributed by atoms with E-state index >= 15 is 0 Å². The number of rotatable bonds is 8. The highest BCUT2D eigenvalue weighted by atomic mass is 79.9. The van der Waals surface area contributed by atoms with Crippen LogP contribution < -0.4 is 26.0 Å². The molecule has 1 aromatic heterocycles. The van der Waals surface area contributed by atoms with Gasteiger partial charge in [0.1, 0.15) is 29.9 Å². The molecular weight excluding hydrogens is 710 g/mol. The first kappa shape index (κ1) is 33.6. The summed E-state index contributed by atoms with van der Waals surface area (Å²) in [4.78, 5) is 45.7. The fourth-order valence-corrected chi connectivity index (χ4v) is 7.24. The van der Waals surface area contributed by atoms with Crippen LogP contribution in [-0.2, 0) is 28.0 Å². The molecule has 3 aromatic carbocycles. The van der Waals surface area contributed by atoms with Gasteiger partial charge in [-0.2, -0.15) is 0 Å². The molecule has 1 spiro atoms. The molecule has 2 unspecified atom stereocenters. The van der Waals surface area contributed by atoms with Crippen LogP contribution in [0.1, 0.15) is 64.3 Å². The van der Waals surface area contributed by atoms with E-state index in [0.29, 0.717) is 16.9 Å². The normalized spacial score (nSPS) is 22.1. The Hall–Kier alpha value is -4.92. The molecule has 14 heteroatoms. The number of aliphatic hydroxyl groups excluding tert-OH is 2. The van der Waals surface area contributed by atoms with Crippen LogP contribution in [0.5, 0.6) is 5.75 Å². The standard InChI is InChI=1S/C36H36BrN5O8/c1-18(2)27-33-41-29(32(46)38-15-21(44)16-43)30(50-33)36-22-9-6-10-24(37)28(22)42-34(36)49-26-12-11-20(13-23(26)36)14-25(31(45)40-27)39-35(47)48-17-19-7-4-3-5-8-19/h3-13,18,21,25,27,34,42-44H,14-17H2,1-2H3,(H,38,46)(H,39,47)(H,40,45)/t21?,25-,27-,34?,36-/m0/s1. The summed E-state index contributed by atoms with van der Waals surface area (Å²) in [7, 11) is 0. The van der Waals surface area contributed by atoms with Crippen molar-refractivity contribution in [2.45, 2.75) is 56.7 Å². The number of anilines is 1. The molecule has 4 bridgehead atoms. The minimum absolute atomic E-state index is 0.0248. The van der Waals surface area contributed by atoms with E-state index in [4.69, 9.17) is 18.9 Å². The van der Waals surface area contributed by atoms with Gasteiger partial charge in [-0.05, 0) is 45.1 Å². The monoisotopic (exact) mass is 745 g/mol. The summed E-state index contributed by atoms with van der Waals surface area (Å²) < 4.78 is 19.4. The molecule has 4 aromatic rings. The van der Waals surface area contributed by atoms with E-state index in [1.165, 1.54) is 0 Å². The molecule has 3 aliphatic heterocycles. The third kappa shape index (κ3) is 5.86. The van der Waals surface area contributed by atoms with Crippen LogP contribution in [0.2, 0.25) is 0 Å². The lowest BCUT2D eigenvalue weighted by Crippen LogP contribution is -2.49. The zero-order valence-corrected chi connectivity index (χ0v) is 28.8. The van der Waals surface area contributed by atoms with Crippen molar-refractivity contribution in [1.82, 2.24) is 20.9 Å². The molecular formula is C36H36BrN5O8. The Morgan fingerprint density at radius 1 is 1.10 bits per heavy atom. The lowest BCUT2D eigenvalue weighted by Gasteiger charge is -2.28. The van der Waals surface area contributed by atoms with Gasteiger partial charge < -0.3 is 45.4 Å². The fraction of sp³-hybridized carbons (Fsp3) is 0.333. The first-order valence-electron chi connectivity index (χ1n) is 16.3. The molecule has 0 fully saturated rings. The number of benzene rings is 3. The molecule has 0 saturated carbocycles. The van der Waals surface area contributed by atoms with E-state index in [2.05, 4.69) is 37.2 Å². The minimum atomic E-state index is -1.22. The summed E-state index contributed by atoms with van der Waals surface area (Å²) in [6.07, 6.45) is -2.59. The predicted molar refractivity (Wildman–Crippen MR) is 183 cm³/mol. The molecule has 13 nitrogen and oxygen atoms in total. The molecule has 5 atom stereocenters. The average Bonchev–Trinajstić information content (AvgIpc) is 3.78. The SMILES string of the molecule is CC(C)[C@@H]1NC(=O)[C@@H](NC(=O)OCc2ccccc2)Cc2ccc3c(c2)[C@@]2(c4cccc(Br)c4NC2O3)c2oc1nc2C(=O)NCC(O)CO. The van der Waals surface area contributed by atoms with Crippen molar-refractivity contribution in [3.63, 3.8) is 0 Å². The van der Waals surface area contributed by atoms with Gasteiger partial charge in [0.15, 0.2) is 17.7 Å². The number of carbonyl (C=O) groups excluding carboxylic acids is 3. The first-order valence-corrected chi connectivity index (χ1v) is 17.1. The molecule has 7 rings (SSSR count). The van der Waals surface area contributed by atoms with Gasteiger partial charge in [-0.1, -0.05) is 68.4 Å². The third-order valence-corrected chi connectivity index (χ3v) is 9.90. The number of ether oxygens (including phenoxy) is 2. The van der Waals surface area contributed by atoms with Crippen molar-refractivity contribution in [3.05, 3.63) is 111 Å². The van der Waals surface area contributed by atoms with Gasteiger partial charge in [-0.15, -0.1) is 0 Å². The Balaban J connectivity index is 1.36.